The van der Waals surface area contributed by atoms with E-state index in [1.807, 2.05) is 6.07 Å². The van der Waals surface area contributed by atoms with Gasteiger partial charge in [0.05, 0.1) is 0 Å². The molecule has 2 aliphatic rings. The molecule has 0 saturated carbocycles. The zero-order valence-electron chi connectivity index (χ0n) is 15.6. The van der Waals surface area contributed by atoms with Gasteiger partial charge in [-0.3, -0.25) is 4.79 Å². The zero-order valence-corrected chi connectivity index (χ0v) is 15.6. The number of likely N-dealkylation sites (tertiary alicyclic amines) is 1. The number of piperidine rings is 1. The predicted molar refractivity (Wildman–Crippen MR) is 98.9 cm³/mol. The molecule has 0 unspecified atom stereocenters. The molecule has 2 aromatic rings. The van der Waals surface area contributed by atoms with Gasteiger partial charge in [0.2, 0.25) is 0 Å². The normalized spacial score (nSPS) is 17.4. The first-order valence-electron chi connectivity index (χ1n) is 9.73. The molecule has 2 heterocycles. The third-order valence-corrected chi connectivity index (χ3v) is 5.74. The Morgan fingerprint density at radius 3 is 2.57 bits per heavy atom. The minimum absolute atomic E-state index is 0.142. The molecular formula is C21H22NO6-. The standard InChI is InChI=1S/C21H23NO6/c23-19(22-9-7-13(8-10-22)20(24)25)12-27-14-5-6-16-15-3-1-2-4-17(15)21(26)28-18(16)11-14/h5-6,11,13H,1-4,7-10,12H2,(H,24,25)/p-1. The van der Waals surface area contributed by atoms with E-state index in [2.05, 4.69) is 0 Å². The van der Waals surface area contributed by atoms with Crippen molar-refractivity contribution in [3.63, 3.8) is 0 Å². The lowest BCUT2D eigenvalue weighted by molar-refractivity contribution is -0.312. The second-order valence-corrected chi connectivity index (χ2v) is 7.47. The number of carbonyl (C=O) groups is 2. The van der Waals surface area contributed by atoms with Crippen LogP contribution in [0.25, 0.3) is 11.0 Å². The van der Waals surface area contributed by atoms with Gasteiger partial charge < -0.3 is 24.0 Å². The van der Waals surface area contributed by atoms with E-state index in [0.717, 1.165) is 42.2 Å². The molecule has 0 N–H and O–H groups in total. The van der Waals surface area contributed by atoms with Crippen LogP contribution in [0.3, 0.4) is 0 Å². The van der Waals surface area contributed by atoms with Crippen LogP contribution in [0.2, 0.25) is 0 Å². The van der Waals surface area contributed by atoms with Crippen molar-refractivity contribution in [1.82, 2.24) is 4.90 Å². The van der Waals surface area contributed by atoms with E-state index in [0.29, 0.717) is 37.3 Å². The van der Waals surface area contributed by atoms with Gasteiger partial charge in [0.15, 0.2) is 6.61 Å². The fourth-order valence-electron chi connectivity index (χ4n) is 4.12. The second kappa shape index (κ2) is 7.66. The maximum Gasteiger partial charge on any atom is 0.339 e. The van der Waals surface area contributed by atoms with Gasteiger partial charge in [0, 0.05) is 42.0 Å². The van der Waals surface area contributed by atoms with Crippen molar-refractivity contribution in [3.05, 3.63) is 39.7 Å². The largest absolute Gasteiger partial charge is 0.550 e. The number of amides is 1. The summed E-state index contributed by atoms with van der Waals surface area (Å²) in [5.74, 6) is -1.27. The molecule has 0 spiro atoms. The predicted octanol–water partition coefficient (Wildman–Crippen LogP) is 1.04. The number of ether oxygens (including phenoxy) is 1. The number of carboxylic acids is 1. The number of aliphatic carboxylic acids is 1. The van der Waals surface area contributed by atoms with E-state index >= 15 is 0 Å². The summed E-state index contributed by atoms with van der Waals surface area (Å²) >= 11 is 0. The topological polar surface area (TPSA) is 99.9 Å². The molecule has 148 valence electrons. The molecule has 1 amide bonds. The van der Waals surface area contributed by atoms with Crippen LogP contribution in [0, 0.1) is 5.92 Å². The summed E-state index contributed by atoms with van der Waals surface area (Å²) < 4.78 is 11.1. The average molecular weight is 384 g/mol. The van der Waals surface area contributed by atoms with Crippen molar-refractivity contribution in [2.45, 2.75) is 38.5 Å². The molecule has 0 radical (unpaired) electrons. The van der Waals surface area contributed by atoms with E-state index in [-0.39, 0.29) is 18.1 Å². The minimum atomic E-state index is -1.05. The summed E-state index contributed by atoms with van der Waals surface area (Å²) in [5.41, 5.74) is 2.04. The molecule has 1 aliphatic carbocycles. The van der Waals surface area contributed by atoms with Crippen molar-refractivity contribution in [3.8, 4) is 5.75 Å². The number of nitrogens with zero attached hydrogens (tertiary/aromatic N) is 1. The summed E-state index contributed by atoms with van der Waals surface area (Å²) in [4.78, 5) is 37.0. The molecule has 7 nitrogen and oxygen atoms in total. The van der Waals surface area contributed by atoms with Crippen LogP contribution < -0.4 is 15.5 Å². The fourth-order valence-corrected chi connectivity index (χ4v) is 4.12. The zero-order chi connectivity index (χ0) is 19.7. The van der Waals surface area contributed by atoms with E-state index < -0.39 is 11.9 Å². The lowest BCUT2D eigenvalue weighted by atomic mass is 9.91. The quantitative estimate of drug-likeness (QED) is 0.730. The van der Waals surface area contributed by atoms with Crippen LogP contribution >= 0.6 is 0 Å². The van der Waals surface area contributed by atoms with Crippen LogP contribution in [0.5, 0.6) is 5.75 Å². The Labute approximate surface area is 161 Å². The van der Waals surface area contributed by atoms with Crippen molar-refractivity contribution in [2.75, 3.05) is 19.7 Å². The molecule has 1 saturated heterocycles. The Morgan fingerprint density at radius 1 is 1.14 bits per heavy atom. The van der Waals surface area contributed by atoms with Gasteiger partial charge in [0.25, 0.3) is 5.91 Å². The summed E-state index contributed by atoms with van der Waals surface area (Å²) in [5, 5.41) is 11.8. The SMILES string of the molecule is O=C([O-])C1CCN(C(=O)COc2ccc3c4c(c(=O)oc3c2)CCCC4)CC1. The fraction of sp³-hybridized carbons (Fsp3) is 0.476. The summed E-state index contributed by atoms with van der Waals surface area (Å²) in [6, 6.07) is 5.32. The molecule has 7 heteroatoms. The number of fused-ring (bicyclic) bond motifs is 3. The third kappa shape index (κ3) is 3.61. The Kier molecular flexibility index (Phi) is 5.07. The smallest absolute Gasteiger partial charge is 0.339 e. The van der Waals surface area contributed by atoms with Crippen molar-refractivity contribution in [2.24, 2.45) is 5.92 Å². The minimum Gasteiger partial charge on any atom is -0.550 e. The number of hydrogen-bond acceptors (Lipinski definition) is 6. The first-order chi connectivity index (χ1) is 13.5. The number of benzene rings is 1. The molecule has 1 aliphatic heterocycles. The number of carbonyl (C=O) groups excluding carboxylic acids is 2. The molecule has 1 aromatic carbocycles. The van der Waals surface area contributed by atoms with E-state index in [4.69, 9.17) is 9.15 Å². The maximum atomic E-state index is 12.3. The van der Waals surface area contributed by atoms with Gasteiger partial charge in [0.1, 0.15) is 11.3 Å². The van der Waals surface area contributed by atoms with Crippen molar-refractivity contribution in [1.29, 1.82) is 0 Å². The monoisotopic (exact) mass is 384 g/mol. The summed E-state index contributed by atoms with van der Waals surface area (Å²) in [6.45, 7) is 0.635. The van der Waals surface area contributed by atoms with Crippen LogP contribution in [0.4, 0.5) is 0 Å². The maximum absolute atomic E-state index is 12.3. The number of rotatable bonds is 4. The summed E-state index contributed by atoms with van der Waals surface area (Å²) in [7, 11) is 0. The molecule has 4 rings (SSSR count). The highest BCUT2D eigenvalue weighted by Crippen LogP contribution is 2.29. The van der Waals surface area contributed by atoms with Gasteiger partial charge in [-0.15, -0.1) is 0 Å². The van der Waals surface area contributed by atoms with Crippen LogP contribution in [-0.2, 0) is 22.4 Å². The second-order valence-electron chi connectivity index (χ2n) is 7.47. The lowest BCUT2D eigenvalue weighted by Crippen LogP contribution is -2.45. The Hall–Kier alpha value is -2.83. The van der Waals surface area contributed by atoms with Gasteiger partial charge in [-0.2, -0.15) is 0 Å². The Bertz CT molecular complexity index is 971. The lowest BCUT2D eigenvalue weighted by Gasteiger charge is -2.32. The van der Waals surface area contributed by atoms with Crippen LogP contribution in [0.1, 0.15) is 36.8 Å². The molecule has 1 aromatic heterocycles. The van der Waals surface area contributed by atoms with Crippen LogP contribution in [0.15, 0.2) is 27.4 Å². The van der Waals surface area contributed by atoms with Gasteiger partial charge in [-0.25, -0.2) is 4.79 Å². The highest BCUT2D eigenvalue weighted by molar-refractivity contribution is 5.83. The molecular weight excluding hydrogens is 362 g/mol. The highest BCUT2D eigenvalue weighted by Gasteiger charge is 2.24. The molecule has 1 fully saturated rings. The van der Waals surface area contributed by atoms with Gasteiger partial charge in [-0.1, -0.05) is 0 Å². The van der Waals surface area contributed by atoms with E-state index in [1.165, 1.54) is 0 Å². The number of aryl methyl sites for hydroxylation is 1. The first-order valence-corrected chi connectivity index (χ1v) is 9.73. The number of hydrogen-bond donors (Lipinski definition) is 0. The number of carboxylic acid groups (broad SMARTS) is 1. The van der Waals surface area contributed by atoms with Crippen molar-refractivity contribution >= 4 is 22.8 Å². The average Bonchev–Trinajstić information content (AvgIpc) is 2.72. The van der Waals surface area contributed by atoms with Gasteiger partial charge >= 0.3 is 5.63 Å². The van der Waals surface area contributed by atoms with E-state index in [9.17, 15) is 19.5 Å². The Morgan fingerprint density at radius 2 is 1.86 bits per heavy atom. The first kappa shape index (κ1) is 18.5. The van der Waals surface area contributed by atoms with Gasteiger partial charge in [-0.05, 0) is 56.2 Å². The Balaban J connectivity index is 1.43. The van der Waals surface area contributed by atoms with E-state index in [1.54, 1.807) is 17.0 Å². The summed E-state index contributed by atoms with van der Waals surface area (Å²) in [6.07, 6.45) is 4.51. The van der Waals surface area contributed by atoms with Crippen LogP contribution in [-0.4, -0.2) is 36.5 Å². The van der Waals surface area contributed by atoms with Crippen molar-refractivity contribution < 1.29 is 23.8 Å². The molecule has 0 atom stereocenters. The third-order valence-electron chi connectivity index (χ3n) is 5.74. The molecule has 28 heavy (non-hydrogen) atoms. The molecule has 0 bridgehead atoms. The highest BCUT2D eigenvalue weighted by atomic mass is 16.5.